The van der Waals surface area contributed by atoms with Gasteiger partial charge in [-0.15, -0.1) is 0 Å². The van der Waals surface area contributed by atoms with Crippen LogP contribution >= 0.6 is 15.9 Å². The van der Waals surface area contributed by atoms with E-state index in [0.29, 0.717) is 0 Å². The van der Waals surface area contributed by atoms with Crippen molar-refractivity contribution in [1.29, 1.82) is 0 Å². The largest absolute Gasteiger partial charge is 0.493 e. The number of rotatable bonds is 7. The second-order valence-electron chi connectivity index (χ2n) is 6.67. The van der Waals surface area contributed by atoms with Crippen LogP contribution in [0, 0.1) is 17.8 Å². The van der Waals surface area contributed by atoms with Crippen LogP contribution in [0.1, 0.15) is 44.6 Å². The first kappa shape index (κ1) is 15.4. The van der Waals surface area contributed by atoms with Crippen molar-refractivity contribution in [3.05, 3.63) is 28.2 Å². The number of benzene rings is 1. The fraction of sp³-hybridized carbons (Fsp3) is 0.667. The maximum Gasteiger partial charge on any atom is 0.123 e. The Kier molecular flexibility index (Phi) is 5.23. The molecule has 2 aliphatic rings. The standard InChI is InChI=1S/C18H26BrNO/c1-2-7-21-18-6-5-17(19)10-16(18)12-20-11-15-9-13-3-4-14(15)8-13/h5-6,10,13-15,20H,2-4,7-9,11-12H2,1H3. The van der Waals surface area contributed by atoms with Gasteiger partial charge in [0.1, 0.15) is 5.75 Å². The van der Waals surface area contributed by atoms with Crippen LogP contribution in [0.3, 0.4) is 0 Å². The summed E-state index contributed by atoms with van der Waals surface area (Å²) in [5.41, 5.74) is 1.26. The minimum Gasteiger partial charge on any atom is -0.493 e. The monoisotopic (exact) mass is 351 g/mol. The molecule has 3 heteroatoms. The lowest BCUT2D eigenvalue weighted by molar-refractivity contribution is 0.306. The van der Waals surface area contributed by atoms with Crippen molar-refractivity contribution in [2.45, 2.75) is 45.6 Å². The van der Waals surface area contributed by atoms with Gasteiger partial charge in [0.05, 0.1) is 6.61 Å². The molecule has 116 valence electrons. The van der Waals surface area contributed by atoms with E-state index < -0.39 is 0 Å². The summed E-state index contributed by atoms with van der Waals surface area (Å²) < 4.78 is 6.98. The number of ether oxygens (including phenoxy) is 1. The van der Waals surface area contributed by atoms with Gasteiger partial charge in [-0.05, 0) is 68.2 Å². The Bertz CT molecular complexity index is 476. The normalized spacial score (nSPS) is 27.2. The van der Waals surface area contributed by atoms with Crippen molar-refractivity contribution in [2.75, 3.05) is 13.2 Å². The zero-order chi connectivity index (χ0) is 14.7. The molecule has 1 N–H and O–H groups in total. The minimum absolute atomic E-state index is 0.793. The molecule has 21 heavy (non-hydrogen) atoms. The highest BCUT2D eigenvalue weighted by Crippen LogP contribution is 2.47. The van der Waals surface area contributed by atoms with Crippen LogP contribution in [0.2, 0.25) is 0 Å². The lowest BCUT2D eigenvalue weighted by Crippen LogP contribution is -2.26. The van der Waals surface area contributed by atoms with E-state index >= 15 is 0 Å². The quantitative estimate of drug-likeness (QED) is 0.764. The molecule has 3 unspecified atom stereocenters. The summed E-state index contributed by atoms with van der Waals surface area (Å²) in [5.74, 6) is 3.98. The van der Waals surface area contributed by atoms with Crippen molar-refractivity contribution >= 4 is 15.9 Å². The van der Waals surface area contributed by atoms with Crippen LogP contribution < -0.4 is 10.1 Å². The Hall–Kier alpha value is -0.540. The average Bonchev–Trinajstić information content (AvgIpc) is 3.09. The van der Waals surface area contributed by atoms with Gasteiger partial charge in [0, 0.05) is 16.6 Å². The fourth-order valence-electron chi connectivity index (χ4n) is 4.06. The van der Waals surface area contributed by atoms with Gasteiger partial charge in [-0.1, -0.05) is 29.3 Å². The zero-order valence-corrected chi connectivity index (χ0v) is 14.5. The summed E-state index contributed by atoms with van der Waals surface area (Å²) in [4.78, 5) is 0. The molecule has 2 saturated carbocycles. The molecular weight excluding hydrogens is 326 g/mol. The van der Waals surface area contributed by atoms with Crippen LogP contribution in [0.5, 0.6) is 5.75 Å². The molecule has 0 spiro atoms. The summed E-state index contributed by atoms with van der Waals surface area (Å²) in [5, 5.41) is 3.67. The van der Waals surface area contributed by atoms with E-state index in [1.807, 2.05) is 0 Å². The highest BCUT2D eigenvalue weighted by atomic mass is 79.9. The third-order valence-electron chi connectivity index (χ3n) is 5.09. The predicted molar refractivity (Wildman–Crippen MR) is 90.6 cm³/mol. The third-order valence-corrected chi connectivity index (χ3v) is 5.58. The number of hydrogen-bond acceptors (Lipinski definition) is 2. The van der Waals surface area contributed by atoms with Crippen molar-refractivity contribution in [1.82, 2.24) is 5.32 Å². The van der Waals surface area contributed by atoms with Gasteiger partial charge >= 0.3 is 0 Å². The molecule has 0 aliphatic heterocycles. The average molecular weight is 352 g/mol. The summed E-state index contributed by atoms with van der Waals surface area (Å²) in [7, 11) is 0. The molecule has 0 saturated heterocycles. The predicted octanol–water partition coefficient (Wildman–Crippen LogP) is 4.76. The number of nitrogens with one attached hydrogen (secondary N) is 1. The molecule has 0 radical (unpaired) electrons. The highest BCUT2D eigenvalue weighted by Gasteiger charge is 2.38. The van der Waals surface area contributed by atoms with E-state index in [1.165, 1.54) is 37.8 Å². The van der Waals surface area contributed by atoms with Crippen LogP contribution in [0.15, 0.2) is 22.7 Å². The van der Waals surface area contributed by atoms with Crippen LogP contribution in [0.4, 0.5) is 0 Å². The van der Waals surface area contributed by atoms with Gasteiger partial charge in [0.2, 0.25) is 0 Å². The number of halogens is 1. The zero-order valence-electron chi connectivity index (χ0n) is 12.9. The first-order valence-electron chi connectivity index (χ1n) is 8.38. The molecule has 1 aromatic carbocycles. The summed E-state index contributed by atoms with van der Waals surface area (Å²) >= 11 is 3.57. The van der Waals surface area contributed by atoms with Crippen molar-refractivity contribution in [3.8, 4) is 5.75 Å². The fourth-order valence-corrected chi connectivity index (χ4v) is 4.47. The van der Waals surface area contributed by atoms with Gasteiger partial charge in [-0.25, -0.2) is 0 Å². The Morgan fingerprint density at radius 3 is 2.90 bits per heavy atom. The van der Waals surface area contributed by atoms with Crippen molar-refractivity contribution in [2.24, 2.45) is 17.8 Å². The smallest absolute Gasteiger partial charge is 0.123 e. The Labute approximate surface area is 136 Å². The number of hydrogen-bond donors (Lipinski definition) is 1. The van der Waals surface area contributed by atoms with Crippen molar-refractivity contribution < 1.29 is 4.74 Å². The van der Waals surface area contributed by atoms with E-state index in [-0.39, 0.29) is 0 Å². The number of fused-ring (bicyclic) bond motifs is 2. The molecule has 1 aromatic rings. The molecule has 0 amide bonds. The first-order chi connectivity index (χ1) is 10.3. The van der Waals surface area contributed by atoms with E-state index in [0.717, 1.165) is 47.5 Å². The van der Waals surface area contributed by atoms with Crippen LogP contribution in [-0.4, -0.2) is 13.2 Å². The van der Waals surface area contributed by atoms with Gasteiger partial charge in [-0.2, -0.15) is 0 Å². The van der Waals surface area contributed by atoms with Crippen LogP contribution in [-0.2, 0) is 6.54 Å². The molecule has 2 bridgehead atoms. The van der Waals surface area contributed by atoms with E-state index in [2.05, 4.69) is 46.4 Å². The summed E-state index contributed by atoms with van der Waals surface area (Å²) in [6.45, 7) is 5.01. The Balaban J connectivity index is 1.53. The molecular formula is C18H26BrNO. The molecule has 0 heterocycles. The molecule has 2 aliphatic carbocycles. The maximum absolute atomic E-state index is 5.85. The van der Waals surface area contributed by atoms with Gasteiger partial charge in [0.25, 0.3) is 0 Å². The van der Waals surface area contributed by atoms with Gasteiger partial charge in [-0.3, -0.25) is 0 Å². The van der Waals surface area contributed by atoms with Crippen molar-refractivity contribution in [3.63, 3.8) is 0 Å². The molecule has 2 fully saturated rings. The van der Waals surface area contributed by atoms with Crippen LogP contribution in [0.25, 0.3) is 0 Å². The van der Waals surface area contributed by atoms with E-state index in [1.54, 1.807) is 0 Å². The molecule has 3 rings (SSSR count). The lowest BCUT2D eigenvalue weighted by Gasteiger charge is -2.22. The molecule has 2 nitrogen and oxygen atoms in total. The first-order valence-corrected chi connectivity index (χ1v) is 9.17. The summed E-state index contributed by atoms with van der Waals surface area (Å²) in [6.07, 6.45) is 6.96. The Morgan fingerprint density at radius 1 is 1.29 bits per heavy atom. The Morgan fingerprint density at radius 2 is 2.19 bits per heavy atom. The topological polar surface area (TPSA) is 21.3 Å². The third kappa shape index (κ3) is 3.81. The summed E-state index contributed by atoms with van der Waals surface area (Å²) in [6, 6.07) is 6.32. The minimum atomic E-state index is 0.793. The maximum atomic E-state index is 5.85. The second-order valence-corrected chi connectivity index (χ2v) is 7.58. The SMILES string of the molecule is CCCOc1ccc(Br)cc1CNCC1CC2CCC1C2. The van der Waals surface area contributed by atoms with Gasteiger partial charge < -0.3 is 10.1 Å². The van der Waals surface area contributed by atoms with Gasteiger partial charge in [0.15, 0.2) is 0 Å². The van der Waals surface area contributed by atoms with E-state index in [9.17, 15) is 0 Å². The van der Waals surface area contributed by atoms with E-state index in [4.69, 9.17) is 4.74 Å². The molecule has 3 atom stereocenters. The lowest BCUT2D eigenvalue weighted by atomic mass is 9.89. The highest BCUT2D eigenvalue weighted by molar-refractivity contribution is 9.10. The second kappa shape index (κ2) is 7.15. The molecule has 0 aromatic heterocycles.